The van der Waals surface area contributed by atoms with E-state index in [2.05, 4.69) is 21.0 Å². The molecule has 1 atom stereocenters. The van der Waals surface area contributed by atoms with E-state index >= 15 is 0 Å². The van der Waals surface area contributed by atoms with Crippen LogP contribution in [0.25, 0.3) is 0 Å². The lowest BCUT2D eigenvalue weighted by Gasteiger charge is -2.20. The van der Waals surface area contributed by atoms with Gasteiger partial charge in [0.2, 0.25) is 0 Å². The number of alkyl halides is 1. The van der Waals surface area contributed by atoms with Crippen molar-refractivity contribution in [3.8, 4) is 0 Å². The molecule has 4 nitrogen and oxygen atoms in total. The van der Waals surface area contributed by atoms with Crippen LogP contribution in [0.2, 0.25) is 0 Å². The molecule has 0 aliphatic rings. The Hall–Kier alpha value is 0.590. The Morgan fingerprint density at radius 3 is 2.15 bits per heavy atom. The third-order valence-corrected chi connectivity index (χ3v) is 4.13. The molecule has 6 heteroatoms. The van der Waals surface area contributed by atoms with E-state index in [1.165, 1.54) is 0 Å². The van der Waals surface area contributed by atoms with Crippen LogP contribution in [0.3, 0.4) is 0 Å². The van der Waals surface area contributed by atoms with Gasteiger partial charge in [-0.25, -0.2) is 9.65 Å². The Kier molecular flexibility index (Phi) is 7.27. The summed E-state index contributed by atoms with van der Waals surface area (Å²) in [4.78, 5) is 0. The van der Waals surface area contributed by atoms with Crippen molar-refractivity contribution in [2.75, 3.05) is 18.5 Å². The molecule has 80 valence electrons. The van der Waals surface area contributed by atoms with Crippen molar-refractivity contribution in [3.63, 3.8) is 0 Å². The molecular weight excluding hydrogens is 257 g/mol. The lowest BCUT2D eigenvalue weighted by atomic mass is 10.4. The number of rotatable bonds is 7. The third kappa shape index (κ3) is 5.81. The van der Waals surface area contributed by atoms with Gasteiger partial charge in [0.05, 0.1) is 13.2 Å². The van der Waals surface area contributed by atoms with Gasteiger partial charge in [-0.3, -0.25) is 9.05 Å². The van der Waals surface area contributed by atoms with Gasteiger partial charge in [0, 0.05) is 11.4 Å². The highest BCUT2D eigenvalue weighted by Gasteiger charge is 2.24. The van der Waals surface area contributed by atoms with Gasteiger partial charge in [0.1, 0.15) is 0 Å². The second-order valence-corrected chi connectivity index (χ2v) is 4.93. The number of nitrogens with one attached hydrogen (secondary N) is 1. The van der Waals surface area contributed by atoms with E-state index < -0.39 is 7.75 Å². The van der Waals surface area contributed by atoms with Crippen molar-refractivity contribution < 1.29 is 13.6 Å². The molecule has 0 aliphatic heterocycles. The Labute approximate surface area is 88.1 Å². The van der Waals surface area contributed by atoms with Gasteiger partial charge in [-0.1, -0.05) is 15.9 Å². The molecule has 0 fully saturated rings. The van der Waals surface area contributed by atoms with E-state index in [1.54, 1.807) is 13.8 Å². The zero-order valence-electron chi connectivity index (χ0n) is 8.25. The standard InChI is InChI=1S/C7H17BrNO3P/c1-4-11-13(10,12-5-2)9-7(3)6-8/h7H,4-6H2,1-3H3,(H,9,10). The Bertz CT molecular complexity index is 169. The normalized spacial score (nSPS) is 14.5. The quantitative estimate of drug-likeness (QED) is 0.572. The van der Waals surface area contributed by atoms with Crippen LogP contribution in [0.15, 0.2) is 0 Å². The molecule has 0 aliphatic carbocycles. The highest BCUT2D eigenvalue weighted by Crippen LogP contribution is 2.43. The van der Waals surface area contributed by atoms with Gasteiger partial charge in [-0.15, -0.1) is 0 Å². The van der Waals surface area contributed by atoms with E-state index in [0.29, 0.717) is 18.5 Å². The van der Waals surface area contributed by atoms with Crippen molar-refractivity contribution in [3.05, 3.63) is 0 Å². The molecule has 0 rings (SSSR count). The average molecular weight is 274 g/mol. The lowest BCUT2D eigenvalue weighted by Crippen LogP contribution is -2.26. The second-order valence-electron chi connectivity index (χ2n) is 2.52. The predicted octanol–water partition coefficient (Wildman–Crippen LogP) is 2.54. The lowest BCUT2D eigenvalue weighted by molar-refractivity contribution is 0.208. The summed E-state index contributed by atoms with van der Waals surface area (Å²) in [7, 11) is -3.07. The summed E-state index contributed by atoms with van der Waals surface area (Å²) in [6, 6.07) is 0.0592. The van der Waals surface area contributed by atoms with Crippen molar-refractivity contribution in [1.29, 1.82) is 0 Å². The molecule has 0 saturated heterocycles. The van der Waals surface area contributed by atoms with Crippen molar-refractivity contribution in [2.45, 2.75) is 26.8 Å². The molecule has 0 aromatic carbocycles. The van der Waals surface area contributed by atoms with Gasteiger partial charge in [-0.2, -0.15) is 0 Å². The molecule has 0 aromatic heterocycles. The number of hydrogen-bond acceptors (Lipinski definition) is 3. The van der Waals surface area contributed by atoms with E-state index in [0.717, 1.165) is 0 Å². The van der Waals surface area contributed by atoms with Crippen molar-refractivity contribution in [1.82, 2.24) is 5.09 Å². The molecule has 0 heterocycles. The van der Waals surface area contributed by atoms with Crippen LogP contribution in [-0.4, -0.2) is 24.6 Å². The van der Waals surface area contributed by atoms with E-state index in [-0.39, 0.29) is 6.04 Å². The minimum absolute atomic E-state index is 0.0592. The minimum atomic E-state index is -3.07. The van der Waals surface area contributed by atoms with Crippen LogP contribution in [0.1, 0.15) is 20.8 Å². The van der Waals surface area contributed by atoms with Crippen LogP contribution in [0, 0.1) is 0 Å². The molecular formula is C7H17BrNO3P. The summed E-state index contributed by atoms with van der Waals surface area (Å²) < 4.78 is 21.9. The molecule has 0 aromatic rings. The first kappa shape index (κ1) is 13.6. The Morgan fingerprint density at radius 2 is 1.85 bits per heavy atom. The SMILES string of the molecule is CCOP(=O)(NC(C)CBr)OCC. The van der Waals surface area contributed by atoms with Crippen LogP contribution < -0.4 is 5.09 Å². The first-order chi connectivity index (χ1) is 6.08. The fourth-order valence-electron chi connectivity index (χ4n) is 0.756. The van der Waals surface area contributed by atoms with Crippen molar-refractivity contribution in [2.24, 2.45) is 0 Å². The summed E-state index contributed by atoms with van der Waals surface area (Å²) in [5.74, 6) is 0. The maximum absolute atomic E-state index is 11.8. The molecule has 0 spiro atoms. The topological polar surface area (TPSA) is 47.6 Å². The first-order valence-electron chi connectivity index (χ1n) is 4.30. The fourth-order valence-corrected chi connectivity index (χ4v) is 2.70. The average Bonchev–Trinajstić information content (AvgIpc) is 2.04. The van der Waals surface area contributed by atoms with Gasteiger partial charge < -0.3 is 0 Å². The summed E-state index contributed by atoms with van der Waals surface area (Å²) in [6.07, 6.45) is 0. The van der Waals surface area contributed by atoms with Gasteiger partial charge in [0.15, 0.2) is 0 Å². The molecule has 0 saturated carbocycles. The van der Waals surface area contributed by atoms with Crippen LogP contribution in [0.5, 0.6) is 0 Å². The Balaban J connectivity index is 4.14. The summed E-state index contributed by atoms with van der Waals surface area (Å²) in [6.45, 7) is 6.22. The van der Waals surface area contributed by atoms with Gasteiger partial charge in [0.25, 0.3) is 0 Å². The number of halogens is 1. The Morgan fingerprint density at radius 1 is 1.38 bits per heavy atom. The monoisotopic (exact) mass is 273 g/mol. The fraction of sp³-hybridized carbons (Fsp3) is 1.00. The molecule has 1 N–H and O–H groups in total. The van der Waals surface area contributed by atoms with E-state index in [1.807, 2.05) is 6.92 Å². The van der Waals surface area contributed by atoms with Crippen molar-refractivity contribution >= 4 is 23.7 Å². The highest BCUT2D eigenvalue weighted by atomic mass is 79.9. The number of hydrogen-bond donors (Lipinski definition) is 1. The van der Waals surface area contributed by atoms with E-state index in [4.69, 9.17) is 9.05 Å². The minimum Gasteiger partial charge on any atom is -0.297 e. The zero-order valence-corrected chi connectivity index (χ0v) is 10.7. The van der Waals surface area contributed by atoms with Gasteiger partial charge in [-0.05, 0) is 20.8 Å². The smallest absolute Gasteiger partial charge is 0.297 e. The molecule has 0 bridgehead atoms. The summed E-state index contributed by atoms with van der Waals surface area (Å²) in [5, 5.41) is 3.51. The second kappa shape index (κ2) is 6.96. The highest BCUT2D eigenvalue weighted by molar-refractivity contribution is 9.09. The van der Waals surface area contributed by atoms with Crippen LogP contribution in [-0.2, 0) is 13.6 Å². The first-order valence-corrected chi connectivity index (χ1v) is 6.97. The maximum Gasteiger partial charge on any atom is 0.405 e. The molecule has 0 amide bonds. The molecule has 1 unspecified atom stereocenters. The largest absolute Gasteiger partial charge is 0.405 e. The third-order valence-electron chi connectivity index (χ3n) is 1.21. The van der Waals surface area contributed by atoms with Gasteiger partial charge >= 0.3 is 7.75 Å². The zero-order chi connectivity index (χ0) is 10.3. The summed E-state index contributed by atoms with van der Waals surface area (Å²) in [5.41, 5.74) is 0. The molecule has 0 radical (unpaired) electrons. The van der Waals surface area contributed by atoms with Crippen LogP contribution in [0.4, 0.5) is 0 Å². The predicted molar refractivity (Wildman–Crippen MR) is 57.3 cm³/mol. The summed E-state index contributed by atoms with van der Waals surface area (Å²) >= 11 is 3.27. The maximum atomic E-state index is 11.8. The van der Waals surface area contributed by atoms with E-state index in [9.17, 15) is 4.57 Å². The van der Waals surface area contributed by atoms with Crippen LogP contribution >= 0.6 is 23.7 Å². The molecule has 13 heavy (non-hydrogen) atoms.